The molecule has 11 nitrogen and oxygen atoms in total. The van der Waals surface area contributed by atoms with E-state index >= 15 is 0 Å². The summed E-state index contributed by atoms with van der Waals surface area (Å²) in [6.07, 6.45) is 0. The molecule has 15 aromatic carbocycles. The van der Waals surface area contributed by atoms with Gasteiger partial charge in [-0.2, -0.15) is 57.9 Å². The monoisotopic (exact) mass is 1730 g/mol. The van der Waals surface area contributed by atoms with Gasteiger partial charge in [0.15, 0.2) is 0 Å². The molecule has 0 amide bonds. The minimum atomic E-state index is 0.263. The fourth-order valence-corrected chi connectivity index (χ4v) is 12.1. The van der Waals surface area contributed by atoms with Crippen LogP contribution in [-0.2, 0) is 0 Å². The van der Waals surface area contributed by atoms with Crippen LogP contribution in [0, 0.1) is 194 Å². The highest BCUT2D eigenvalue weighted by Gasteiger charge is 2.09. The third-order valence-corrected chi connectivity index (χ3v) is 18.7. The maximum Gasteiger partial charge on any atom is 0.101 e. The van der Waals surface area contributed by atoms with Crippen molar-refractivity contribution in [3.8, 4) is 122 Å². The quantitative estimate of drug-likeness (QED) is 0.156. The van der Waals surface area contributed by atoms with Crippen molar-refractivity contribution in [2.75, 3.05) is 0 Å². The molecule has 0 atom stereocenters. The van der Waals surface area contributed by atoms with Crippen molar-refractivity contribution in [2.24, 2.45) is 0 Å². The standard InChI is InChI=1S/5C13H12.C10H5N3.4C9H6N2.5C2H6/c5*1-11-7-5-6-10-13(11)12-8-3-2-4-9-12;1-7-2-8(4-11)3-9(5-12)10(7)6-13;1-7-2-8(5-10)4-9(3-7)6-11;1-7-4-8(5-10)2-3-9(7)6-11;1-7-2-3-8(5-10)4-9(7)6-11;1-7-8(5-10)3-2-4-9(7)6-11;5*1-2/h5*2-10H,1H3;2-3H,1H3;4*2-4H,1H3;5*1-2H3. The van der Waals surface area contributed by atoms with E-state index in [0.29, 0.717) is 61.2 Å². The summed E-state index contributed by atoms with van der Waals surface area (Å²) in [5.74, 6) is 0. The highest BCUT2D eigenvalue weighted by molar-refractivity contribution is 5.71. The summed E-state index contributed by atoms with van der Waals surface area (Å²) in [7, 11) is 0. The minimum Gasteiger partial charge on any atom is -0.192 e. The molecule has 0 aromatic heterocycles. The maximum atomic E-state index is 8.71. The van der Waals surface area contributed by atoms with Crippen LogP contribution >= 0.6 is 0 Å². The highest BCUT2D eigenvalue weighted by Crippen LogP contribution is 2.28. The molecule has 11 heteroatoms. The van der Waals surface area contributed by atoms with Crippen molar-refractivity contribution < 1.29 is 0 Å². The molecule has 0 unspecified atom stereocenters. The Balaban J connectivity index is 0.000000726. The first kappa shape index (κ1) is 113. The third kappa shape index (κ3) is 39.9. The van der Waals surface area contributed by atoms with Gasteiger partial charge in [0.1, 0.15) is 12.1 Å². The van der Waals surface area contributed by atoms with E-state index in [2.05, 4.69) is 277 Å². The topological polar surface area (TPSA) is 262 Å². The first-order valence-corrected chi connectivity index (χ1v) is 43.8. The van der Waals surface area contributed by atoms with Gasteiger partial charge in [0.2, 0.25) is 0 Å². The molecule has 0 spiro atoms. The highest BCUT2D eigenvalue weighted by atomic mass is 14.3. The summed E-state index contributed by atoms with van der Waals surface area (Å²) in [5.41, 5.74) is 29.4. The van der Waals surface area contributed by atoms with Crippen LogP contribution in [0.3, 0.4) is 0 Å². The molecule has 0 heterocycles. The lowest BCUT2D eigenvalue weighted by atomic mass is 10.0. The SMILES string of the molecule is CC.CC.CC.CC.CC.Cc1c(C#N)cccc1C#N.Cc1cc(C#N)cc(C#N)c1.Cc1cc(C#N)cc(C#N)c1C#N.Cc1cc(C#N)ccc1C#N.Cc1ccc(C#N)cc1C#N.Cc1ccccc1-c1ccccc1.Cc1ccccc1-c1ccccc1.Cc1ccccc1-c1ccccc1.Cc1ccccc1-c1ccccc1.Cc1ccccc1-c1ccccc1. The first-order chi connectivity index (χ1) is 64.2. The second kappa shape index (κ2) is 68.0. The molecule has 0 aliphatic heterocycles. The van der Waals surface area contributed by atoms with Gasteiger partial charge < -0.3 is 0 Å². The number of rotatable bonds is 5. The van der Waals surface area contributed by atoms with Gasteiger partial charge in [-0.25, -0.2) is 0 Å². The van der Waals surface area contributed by atoms with E-state index in [1.165, 1.54) is 89.5 Å². The Morgan fingerprint density at radius 2 is 0.394 bits per heavy atom. The Kier molecular flexibility index (Phi) is 58.1. The van der Waals surface area contributed by atoms with Crippen LogP contribution in [0.2, 0.25) is 0 Å². The Labute approximate surface area is 788 Å². The fourth-order valence-electron chi connectivity index (χ4n) is 12.1. The predicted octanol–water partition coefficient (Wildman–Crippen LogP) is 32.0. The van der Waals surface area contributed by atoms with Gasteiger partial charge in [-0.05, 0) is 253 Å². The van der Waals surface area contributed by atoms with E-state index in [9.17, 15) is 0 Å². The largest absolute Gasteiger partial charge is 0.192 e. The van der Waals surface area contributed by atoms with Gasteiger partial charge in [-0.3, -0.25) is 0 Å². The van der Waals surface area contributed by atoms with E-state index < -0.39 is 0 Å². The van der Waals surface area contributed by atoms with Gasteiger partial charge in [0.25, 0.3) is 0 Å². The maximum absolute atomic E-state index is 8.71. The van der Waals surface area contributed by atoms with Crippen LogP contribution < -0.4 is 0 Å². The third-order valence-electron chi connectivity index (χ3n) is 18.7. The average Bonchev–Trinajstić information content (AvgIpc) is 0.837. The Morgan fingerprint density at radius 1 is 0.152 bits per heavy atom. The number of aryl methyl sites for hydroxylation is 9. The zero-order valence-corrected chi connectivity index (χ0v) is 80.0. The normalized spacial score (nSPS) is 8.67. The number of nitrogens with zero attached hydrogens (tertiary/aromatic N) is 11. The fraction of sp³-hybridized carbons (Fsp3) is 0.165. The number of hydrogen-bond acceptors (Lipinski definition) is 11. The smallest absolute Gasteiger partial charge is 0.101 e. The molecule has 0 N–H and O–H groups in total. The molecule has 0 saturated carbocycles. The van der Waals surface area contributed by atoms with Crippen molar-refractivity contribution in [1.82, 2.24) is 0 Å². The van der Waals surface area contributed by atoms with E-state index in [4.69, 9.17) is 57.9 Å². The molecule has 658 valence electrons. The van der Waals surface area contributed by atoms with Crippen LogP contribution in [0.15, 0.2) is 358 Å². The van der Waals surface area contributed by atoms with Gasteiger partial charge >= 0.3 is 0 Å². The molecule has 0 radical (unpaired) electrons. The summed E-state index contributed by atoms with van der Waals surface area (Å²) in [6.45, 7) is 39.7. The molecular formula is C121H119N11. The predicted molar refractivity (Wildman–Crippen MR) is 548 cm³/mol. The van der Waals surface area contributed by atoms with E-state index in [1.807, 2.05) is 187 Å². The van der Waals surface area contributed by atoms with Gasteiger partial charge in [0, 0.05) is 0 Å². The summed E-state index contributed by atoms with van der Waals surface area (Å²) in [5, 5.41) is 94.3. The minimum absolute atomic E-state index is 0.263. The molecule has 0 fully saturated rings. The second-order valence-electron chi connectivity index (χ2n) is 27.5. The zero-order chi connectivity index (χ0) is 98.4. The number of nitriles is 11. The van der Waals surface area contributed by atoms with Crippen LogP contribution in [0.4, 0.5) is 0 Å². The van der Waals surface area contributed by atoms with Gasteiger partial charge in [0.05, 0.1) is 116 Å². The molecule has 15 aromatic rings. The lowest BCUT2D eigenvalue weighted by Gasteiger charge is -2.04. The number of benzene rings is 15. The van der Waals surface area contributed by atoms with Crippen molar-refractivity contribution in [3.05, 3.63) is 475 Å². The molecule has 132 heavy (non-hydrogen) atoms. The van der Waals surface area contributed by atoms with Crippen LogP contribution in [-0.4, -0.2) is 0 Å². The Bertz CT molecular complexity index is 5900. The van der Waals surface area contributed by atoms with Crippen LogP contribution in [0.1, 0.15) is 186 Å². The van der Waals surface area contributed by atoms with Gasteiger partial charge in [-0.15, -0.1) is 0 Å². The van der Waals surface area contributed by atoms with Crippen molar-refractivity contribution >= 4 is 0 Å². The van der Waals surface area contributed by atoms with Crippen molar-refractivity contribution in [3.63, 3.8) is 0 Å². The lowest BCUT2D eigenvalue weighted by Crippen LogP contribution is -1.90. The summed E-state index contributed by atoms with van der Waals surface area (Å²) >= 11 is 0. The van der Waals surface area contributed by atoms with Crippen LogP contribution in [0.25, 0.3) is 55.6 Å². The number of hydrogen-bond donors (Lipinski definition) is 0. The average molecular weight is 1730 g/mol. The lowest BCUT2D eigenvalue weighted by molar-refractivity contribution is 1.34. The second-order valence-corrected chi connectivity index (χ2v) is 27.5. The van der Waals surface area contributed by atoms with E-state index in [0.717, 1.165) is 22.3 Å². The molecule has 0 bridgehead atoms. The van der Waals surface area contributed by atoms with Crippen molar-refractivity contribution in [1.29, 1.82) is 57.9 Å². The van der Waals surface area contributed by atoms with Crippen molar-refractivity contribution in [2.45, 2.75) is 138 Å². The summed E-state index contributed by atoms with van der Waals surface area (Å²) in [6, 6.07) is 140. The molecule has 0 aliphatic carbocycles. The van der Waals surface area contributed by atoms with Gasteiger partial charge in [-0.1, -0.05) is 354 Å². The first-order valence-electron chi connectivity index (χ1n) is 43.8. The van der Waals surface area contributed by atoms with Crippen LogP contribution in [0.5, 0.6) is 0 Å². The molecular weight excluding hydrogens is 1610 g/mol. The molecule has 0 aliphatic rings. The summed E-state index contributed by atoms with van der Waals surface area (Å²) < 4.78 is 0. The Morgan fingerprint density at radius 3 is 0.652 bits per heavy atom. The Hall–Kier alpha value is -17.3. The molecule has 0 saturated heterocycles. The van der Waals surface area contributed by atoms with E-state index in [-0.39, 0.29) is 5.56 Å². The molecule has 15 rings (SSSR count). The zero-order valence-electron chi connectivity index (χ0n) is 80.0. The summed E-state index contributed by atoms with van der Waals surface area (Å²) in [4.78, 5) is 0. The van der Waals surface area contributed by atoms with E-state index in [1.54, 1.807) is 92.7 Å².